The third-order valence-electron chi connectivity index (χ3n) is 3.07. The van der Waals surface area contributed by atoms with Crippen LogP contribution in [0, 0.1) is 15.9 Å². The summed E-state index contributed by atoms with van der Waals surface area (Å²) < 4.78 is 17.9. The van der Waals surface area contributed by atoms with Crippen LogP contribution in [-0.2, 0) is 11.2 Å². The molecule has 0 heterocycles. The lowest BCUT2D eigenvalue weighted by Crippen LogP contribution is -2.30. The summed E-state index contributed by atoms with van der Waals surface area (Å²) in [7, 11) is 0. The molecule has 0 atom stereocenters. The Hall–Kier alpha value is -2.96. The molecule has 2 aromatic carbocycles. The number of nitrogens with zero attached hydrogens (tertiary/aromatic N) is 1. The monoisotopic (exact) mass is 318 g/mol. The van der Waals surface area contributed by atoms with Crippen LogP contribution >= 0.6 is 0 Å². The van der Waals surface area contributed by atoms with Crippen LogP contribution in [0.2, 0.25) is 0 Å². The van der Waals surface area contributed by atoms with Crippen molar-refractivity contribution in [2.75, 3.05) is 13.2 Å². The van der Waals surface area contributed by atoms with Gasteiger partial charge in [-0.25, -0.2) is 4.39 Å². The second-order valence-electron chi connectivity index (χ2n) is 4.74. The fourth-order valence-corrected chi connectivity index (χ4v) is 1.92. The van der Waals surface area contributed by atoms with Crippen molar-refractivity contribution in [3.63, 3.8) is 0 Å². The van der Waals surface area contributed by atoms with Gasteiger partial charge in [-0.2, -0.15) is 0 Å². The minimum atomic E-state index is -0.568. The number of nitro benzene ring substituents is 1. The predicted molar refractivity (Wildman–Crippen MR) is 81.7 cm³/mol. The Morgan fingerprint density at radius 1 is 1.17 bits per heavy atom. The molecule has 2 aromatic rings. The van der Waals surface area contributed by atoms with E-state index in [0.717, 1.165) is 5.56 Å². The molecule has 0 aliphatic carbocycles. The van der Waals surface area contributed by atoms with E-state index in [2.05, 4.69) is 5.32 Å². The van der Waals surface area contributed by atoms with Crippen molar-refractivity contribution in [2.45, 2.75) is 6.42 Å². The summed E-state index contributed by atoms with van der Waals surface area (Å²) in [6.45, 7) is 0.0545. The summed E-state index contributed by atoms with van der Waals surface area (Å²) in [6.07, 6.45) is 0.553. The van der Waals surface area contributed by atoms with E-state index < -0.39 is 4.92 Å². The lowest BCUT2D eigenvalue weighted by molar-refractivity contribution is -0.385. The lowest BCUT2D eigenvalue weighted by atomic mass is 10.1. The summed E-state index contributed by atoms with van der Waals surface area (Å²) in [5.41, 5.74) is 0.706. The first kappa shape index (κ1) is 16.4. The Kier molecular flexibility index (Phi) is 5.62. The van der Waals surface area contributed by atoms with Gasteiger partial charge in [0, 0.05) is 12.6 Å². The summed E-state index contributed by atoms with van der Waals surface area (Å²) in [5, 5.41) is 13.5. The Morgan fingerprint density at radius 3 is 2.57 bits per heavy atom. The van der Waals surface area contributed by atoms with E-state index >= 15 is 0 Å². The first-order valence-electron chi connectivity index (χ1n) is 6.93. The fraction of sp³-hybridized carbons (Fsp3) is 0.188. The molecule has 0 bridgehead atoms. The standard InChI is InChI=1S/C16H15FN2O4/c17-13-7-5-12(6-8-13)9-10-18-16(20)11-23-15-4-2-1-3-14(15)19(21)22/h1-8H,9-11H2,(H,18,20). The van der Waals surface area contributed by atoms with Crippen molar-refractivity contribution >= 4 is 11.6 Å². The maximum atomic E-state index is 12.8. The van der Waals surface area contributed by atoms with Crippen molar-refractivity contribution in [1.82, 2.24) is 5.32 Å². The number of carbonyl (C=O) groups excluding carboxylic acids is 1. The van der Waals surface area contributed by atoms with Gasteiger partial charge in [0.1, 0.15) is 5.82 Å². The molecule has 0 unspecified atom stereocenters. The van der Waals surface area contributed by atoms with E-state index in [1.807, 2.05) is 0 Å². The minimum Gasteiger partial charge on any atom is -0.477 e. The molecule has 2 rings (SSSR count). The number of hydrogen-bond acceptors (Lipinski definition) is 4. The van der Waals surface area contributed by atoms with Crippen LogP contribution in [0.4, 0.5) is 10.1 Å². The Morgan fingerprint density at radius 2 is 1.87 bits per heavy atom. The molecule has 0 radical (unpaired) electrons. The first-order valence-corrected chi connectivity index (χ1v) is 6.93. The number of nitrogens with one attached hydrogen (secondary N) is 1. The Balaban J connectivity index is 1.77. The van der Waals surface area contributed by atoms with Crippen LogP contribution in [0.3, 0.4) is 0 Å². The predicted octanol–water partition coefficient (Wildman–Crippen LogP) is 2.47. The molecule has 1 amide bonds. The normalized spacial score (nSPS) is 10.1. The maximum absolute atomic E-state index is 12.8. The van der Waals surface area contributed by atoms with Crippen LogP contribution in [0.1, 0.15) is 5.56 Å². The number of carbonyl (C=O) groups is 1. The molecule has 0 saturated carbocycles. The van der Waals surface area contributed by atoms with E-state index in [1.165, 1.54) is 30.3 Å². The van der Waals surface area contributed by atoms with Crippen LogP contribution < -0.4 is 10.1 Å². The second-order valence-corrected chi connectivity index (χ2v) is 4.74. The van der Waals surface area contributed by atoms with Crippen LogP contribution in [0.25, 0.3) is 0 Å². The first-order chi connectivity index (χ1) is 11.1. The van der Waals surface area contributed by atoms with Gasteiger partial charge in [0.05, 0.1) is 4.92 Å². The molecule has 120 valence electrons. The lowest BCUT2D eigenvalue weighted by Gasteiger charge is -2.08. The van der Waals surface area contributed by atoms with Gasteiger partial charge in [-0.1, -0.05) is 24.3 Å². The summed E-state index contributed by atoms with van der Waals surface area (Å²) >= 11 is 0. The van der Waals surface area contributed by atoms with Gasteiger partial charge in [-0.15, -0.1) is 0 Å². The van der Waals surface area contributed by atoms with Gasteiger partial charge < -0.3 is 10.1 Å². The molecule has 23 heavy (non-hydrogen) atoms. The fourth-order valence-electron chi connectivity index (χ4n) is 1.92. The van der Waals surface area contributed by atoms with Gasteiger partial charge in [-0.3, -0.25) is 14.9 Å². The molecule has 7 heteroatoms. The van der Waals surface area contributed by atoms with E-state index in [0.29, 0.717) is 13.0 Å². The third-order valence-corrected chi connectivity index (χ3v) is 3.07. The maximum Gasteiger partial charge on any atom is 0.310 e. The minimum absolute atomic E-state index is 0.0474. The second kappa shape index (κ2) is 7.88. The van der Waals surface area contributed by atoms with E-state index in [1.54, 1.807) is 18.2 Å². The van der Waals surface area contributed by atoms with Gasteiger partial charge in [-0.05, 0) is 30.2 Å². The zero-order chi connectivity index (χ0) is 16.7. The van der Waals surface area contributed by atoms with Crippen LogP contribution in [0.15, 0.2) is 48.5 Å². The number of rotatable bonds is 7. The molecular formula is C16H15FN2O4. The van der Waals surface area contributed by atoms with E-state index in [4.69, 9.17) is 4.74 Å². The highest BCUT2D eigenvalue weighted by Crippen LogP contribution is 2.25. The summed E-state index contributed by atoms with van der Waals surface area (Å²) in [5.74, 6) is -0.646. The number of para-hydroxylation sites is 2. The van der Waals surface area contributed by atoms with Crippen LogP contribution in [0.5, 0.6) is 5.75 Å². The number of amides is 1. The number of nitro groups is 1. The Bertz CT molecular complexity index is 689. The number of hydrogen-bond donors (Lipinski definition) is 1. The quantitative estimate of drug-likeness (QED) is 0.628. The molecule has 6 nitrogen and oxygen atoms in total. The molecule has 0 aromatic heterocycles. The summed E-state index contributed by atoms with van der Waals surface area (Å²) in [6, 6.07) is 11.9. The highest BCUT2D eigenvalue weighted by Gasteiger charge is 2.14. The van der Waals surface area contributed by atoms with Crippen molar-refractivity contribution in [1.29, 1.82) is 0 Å². The topological polar surface area (TPSA) is 81.5 Å². The van der Waals surface area contributed by atoms with Crippen molar-refractivity contribution in [3.8, 4) is 5.75 Å². The van der Waals surface area contributed by atoms with Crippen molar-refractivity contribution in [3.05, 3.63) is 70.0 Å². The molecule has 0 fully saturated rings. The molecular weight excluding hydrogens is 303 g/mol. The van der Waals surface area contributed by atoms with Crippen LogP contribution in [-0.4, -0.2) is 24.0 Å². The molecule has 0 saturated heterocycles. The van der Waals surface area contributed by atoms with Gasteiger partial charge in [0.2, 0.25) is 0 Å². The largest absolute Gasteiger partial charge is 0.477 e. The highest BCUT2D eigenvalue weighted by molar-refractivity contribution is 5.77. The number of halogens is 1. The average molecular weight is 318 g/mol. The van der Waals surface area contributed by atoms with Crippen molar-refractivity contribution < 1.29 is 18.8 Å². The molecule has 0 spiro atoms. The molecule has 0 aliphatic heterocycles. The number of ether oxygens (including phenoxy) is 1. The van der Waals surface area contributed by atoms with E-state index in [-0.39, 0.29) is 29.8 Å². The van der Waals surface area contributed by atoms with Crippen molar-refractivity contribution in [2.24, 2.45) is 0 Å². The molecule has 1 N–H and O–H groups in total. The van der Waals surface area contributed by atoms with E-state index in [9.17, 15) is 19.3 Å². The third kappa shape index (κ3) is 5.06. The average Bonchev–Trinajstić information content (AvgIpc) is 2.55. The van der Waals surface area contributed by atoms with Gasteiger partial charge in [0.25, 0.3) is 5.91 Å². The summed E-state index contributed by atoms with van der Waals surface area (Å²) in [4.78, 5) is 21.9. The smallest absolute Gasteiger partial charge is 0.310 e. The van der Waals surface area contributed by atoms with Gasteiger partial charge in [0.15, 0.2) is 12.4 Å². The zero-order valence-corrected chi connectivity index (χ0v) is 12.2. The SMILES string of the molecule is O=C(COc1ccccc1[N+](=O)[O-])NCCc1ccc(F)cc1. The number of benzene rings is 2. The molecule has 0 aliphatic rings. The Labute approximate surface area is 132 Å². The highest BCUT2D eigenvalue weighted by atomic mass is 19.1. The zero-order valence-electron chi connectivity index (χ0n) is 12.2. The van der Waals surface area contributed by atoms with Gasteiger partial charge >= 0.3 is 5.69 Å².